The Morgan fingerprint density at radius 1 is 1.09 bits per heavy atom. The van der Waals surface area contributed by atoms with Crippen LogP contribution in [0.5, 0.6) is 5.75 Å². The summed E-state index contributed by atoms with van der Waals surface area (Å²) in [6.07, 6.45) is 0. The zero-order chi connectivity index (χ0) is 23.2. The van der Waals surface area contributed by atoms with Crippen LogP contribution in [0.3, 0.4) is 0 Å². The van der Waals surface area contributed by atoms with Gasteiger partial charge in [-0.1, -0.05) is 23.7 Å². The van der Waals surface area contributed by atoms with E-state index in [2.05, 4.69) is 0 Å². The summed E-state index contributed by atoms with van der Waals surface area (Å²) < 4.78 is 5.53. The van der Waals surface area contributed by atoms with Crippen molar-refractivity contribution in [1.82, 2.24) is 0 Å². The molecule has 0 radical (unpaired) electrons. The fraction of sp³-hybridized carbons (Fsp3) is 0.200. The number of amides is 1. The largest absolute Gasteiger partial charge is 0.507 e. The van der Waals surface area contributed by atoms with Gasteiger partial charge in [0.2, 0.25) is 0 Å². The summed E-state index contributed by atoms with van der Waals surface area (Å²) in [5, 5.41) is 13.8. The van der Waals surface area contributed by atoms with E-state index in [4.69, 9.17) is 16.3 Å². The Morgan fingerprint density at radius 2 is 1.84 bits per heavy atom. The number of anilines is 1. The van der Waals surface area contributed by atoms with Gasteiger partial charge in [-0.05, 0) is 73.2 Å². The number of methoxy groups -OCH3 is 1. The molecule has 2 heterocycles. The van der Waals surface area contributed by atoms with Crippen LogP contribution in [0.2, 0.25) is 5.02 Å². The lowest BCUT2D eigenvalue weighted by atomic mass is 9.95. The third kappa shape index (κ3) is 3.59. The van der Waals surface area contributed by atoms with Crippen LogP contribution >= 0.6 is 22.9 Å². The fourth-order valence-corrected chi connectivity index (χ4v) is 5.39. The number of benzene rings is 2. The van der Waals surface area contributed by atoms with Gasteiger partial charge in [0.1, 0.15) is 17.6 Å². The number of thiophene rings is 1. The summed E-state index contributed by atoms with van der Waals surface area (Å²) in [7, 11) is 1.51. The molecule has 0 saturated carbocycles. The van der Waals surface area contributed by atoms with Crippen LogP contribution in [0.1, 0.15) is 33.2 Å². The molecule has 0 spiro atoms. The molecule has 0 bridgehead atoms. The van der Waals surface area contributed by atoms with Crippen LogP contribution in [0.15, 0.2) is 53.4 Å². The summed E-state index contributed by atoms with van der Waals surface area (Å²) in [6.45, 7) is 5.68. The van der Waals surface area contributed by atoms with E-state index >= 15 is 0 Å². The van der Waals surface area contributed by atoms with E-state index < -0.39 is 17.7 Å². The summed E-state index contributed by atoms with van der Waals surface area (Å²) in [4.78, 5) is 28.7. The van der Waals surface area contributed by atoms with Gasteiger partial charge in [0.05, 0.1) is 18.2 Å². The van der Waals surface area contributed by atoms with E-state index in [0.29, 0.717) is 22.0 Å². The number of rotatable bonds is 4. The number of ether oxygens (including phenoxy) is 1. The van der Waals surface area contributed by atoms with Crippen LogP contribution in [0.25, 0.3) is 5.76 Å². The quantitative estimate of drug-likeness (QED) is 0.292. The Hall–Kier alpha value is -3.09. The SMILES string of the molecule is COc1c(C)cc(C)cc1/C(O)=C1\C(=O)C(=O)N(c2cccc(Cl)c2)C1c1sccc1C. The summed E-state index contributed by atoms with van der Waals surface area (Å²) in [5.41, 5.74) is 3.55. The van der Waals surface area contributed by atoms with Crippen molar-refractivity contribution >= 4 is 46.1 Å². The minimum atomic E-state index is -0.779. The van der Waals surface area contributed by atoms with E-state index in [-0.39, 0.29) is 11.3 Å². The number of halogens is 1. The van der Waals surface area contributed by atoms with Crippen molar-refractivity contribution in [3.05, 3.63) is 85.6 Å². The number of hydrogen-bond donors (Lipinski definition) is 1. The maximum Gasteiger partial charge on any atom is 0.300 e. The zero-order valence-electron chi connectivity index (χ0n) is 18.1. The number of ketones is 1. The topological polar surface area (TPSA) is 66.8 Å². The lowest BCUT2D eigenvalue weighted by Crippen LogP contribution is -2.29. The van der Waals surface area contributed by atoms with E-state index in [9.17, 15) is 14.7 Å². The third-order valence-electron chi connectivity index (χ3n) is 5.56. The lowest BCUT2D eigenvalue weighted by molar-refractivity contribution is -0.132. The van der Waals surface area contributed by atoms with Crippen molar-refractivity contribution in [2.45, 2.75) is 26.8 Å². The van der Waals surface area contributed by atoms with Gasteiger partial charge >= 0.3 is 0 Å². The number of carbonyl (C=O) groups excluding carboxylic acids is 2. The third-order valence-corrected chi connectivity index (χ3v) is 6.87. The van der Waals surface area contributed by atoms with Gasteiger partial charge in [-0.25, -0.2) is 0 Å². The highest BCUT2D eigenvalue weighted by Gasteiger charge is 2.48. The van der Waals surface area contributed by atoms with Crippen molar-refractivity contribution in [3.63, 3.8) is 0 Å². The predicted molar refractivity (Wildman–Crippen MR) is 128 cm³/mol. The molecule has 1 aliphatic rings. The number of nitrogens with zero attached hydrogens (tertiary/aromatic N) is 1. The Labute approximate surface area is 195 Å². The zero-order valence-corrected chi connectivity index (χ0v) is 19.7. The van der Waals surface area contributed by atoms with Gasteiger partial charge < -0.3 is 9.84 Å². The van der Waals surface area contributed by atoms with Gasteiger partial charge in [0.15, 0.2) is 0 Å². The number of aliphatic hydroxyl groups is 1. The van der Waals surface area contributed by atoms with Crippen LogP contribution in [-0.2, 0) is 9.59 Å². The molecule has 1 fully saturated rings. The first kappa shape index (κ1) is 22.1. The molecule has 5 nitrogen and oxygen atoms in total. The second-order valence-corrected chi connectivity index (χ2v) is 9.16. The van der Waals surface area contributed by atoms with Crippen LogP contribution in [0.4, 0.5) is 5.69 Å². The first-order valence-electron chi connectivity index (χ1n) is 10.0. The van der Waals surface area contributed by atoms with E-state index in [1.54, 1.807) is 30.3 Å². The highest BCUT2D eigenvalue weighted by molar-refractivity contribution is 7.10. The van der Waals surface area contributed by atoms with Crippen LogP contribution in [0, 0.1) is 20.8 Å². The molecule has 7 heteroatoms. The number of aryl methyl sites for hydroxylation is 3. The Kier molecular flexibility index (Phi) is 5.84. The number of aliphatic hydroxyl groups excluding tert-OH is 1. The molecule has 1 amide bonds. The number of carbonyl (C=O) groups is 2. The molecule has 1 saturated heterocycles. The van der Waals surface area contributed by atoms with Crippen molar-refractivity contribution in [1.29, 1.82) is 0 Å². The Bertz CT molecular complexity index is 1280. The van der Waals surface area contributed by atoms with Crippen LogP contribution < -0.4 is 9.64 Å². The Morgan fingerprint density at radius 3 is 2.47 bits per heavy atom. The molecule has 1 aliphatic heterocycles. The van der Waals surface area contributed by atoms with Gasteiger partial charge in [-0.2, -0.15) is 0 Å². The van der Waals surface area contributed by atoms with Crippen molar-refractivity contribution in [2.24, 2.45) is 0 Å². The van der Waals surface area contributed by atoms with Gasteiger partial charge in [-0.15, -0.1) is 11.3 Å². The average Bonchev–Trinajstić information content (AvgIpc) is 3.27. The van der Waals surface area contributed by atoms with Crippen molar-refractivity contribution in [2.75, 3.05) is 12.0 Å². The smallest absolute Gasteiger partial charge is 0.300 e. The maximum absolute atomic E-state index is 13.3. The van der Waals surface area contributed by atoms with Gasteiger partial charge in [0.25, 0.3) is 11.7 Å². The molecule has 1 atom stereocenters. The average molecular weight is 468 g/mol. The second-order valence-electron chi connectivity index (χ2n) is 7.78. The van der Waals surface area contributed by atoms with E-state index in [1.807, 2.05) is 38.3 Å². The number of hydrogen-bond acceptors (Lipinski definition) is 5. The molecule has 164 valence electrons. The first-order chi connectivity index (χ1) is 15.2. The Balaban J connectivity index is 2.02. The standard InChI is InChI=1S/C25H22ClNO4S/c1-13-10-15(3)23(31-4)18(11-13)21(28)19-20(24-14(2)8-9-32-24)27(25(30)22(19)29)17-7-5-6-16(26)12-17/h5-12,20,28H,1-4H3/b21-19+. The maximum atomic E-state index is 13.3. The summed E-state index contributed by atoms with van der Waals surface area (Å²) >= 11 is 7.61. The minimum absolute atomic E-state index is 0.0313. The first-order valence-corrected chi connectivity index (χ1v) is 11.3. The number of Topliss-reactive ketones (excluding diaryl/α,β-unsaturated/α-hetero) is 1. The monoisotopic (exact) mass is 467 g/mol. The predicted octanol–water partition coefficient (Wildman–Crippen LogP) is 5.96. The lowest BCUT2D eigenvalue weighted by Gasteiger charge is -2.25. The second kappa shape index (κ2) is 8.45. The highest BCUT2D eigenvalue weighted by Crippen LogP contribution is 2.46. The molecule has 1 N–H and O–H groups in total. The molecule has 4 rings (SSSR count). The van der Waals surface area contributed by atoms with E-state index in [0.717, 1.165) is 21.6 Å². The van der Waals surface area contributed by atoms with Gasteiger partial charge in [-0.3, -0.25) is 14.5 Å². The molecular formula is C25H22ClNO4S. The summed E-state index contributed by atoms with van der Waals surface area (Å²) in [5.74, 6) is -1.26. The molecule has 0 aliphatic carbocycles. The normalized spacial score (nSPS) is 17.8. The van der Waals surface area contributed by atoms with Crippen molar-refractivity contribution < 1.29 is 19.4 Å². The summed E-state index contributed by atoms with van der Waals surface area (Å²) in [6, 6.07) is 11.6. The fourth-order valence-electron chi connectivity index (χ4n) is 4.18. The van der Waals surface area contributed by atoms with Crippen molar-refractivity contribution in [3.8, 4) is 5.75 Å². The highest BCUT2D eigenvalue weighted by atomic mass is 35.5. The van der Waals surface area contributed by atoms with E-state index in [1.165, 1.54) is 23.3 Å². The minimum Gasteiger partial charge on any atom is -0.507 e. The molecule has 32 heavy (non-hydrogen) atoms. The van der Waals surface area contributed by atoms with Gasteiger partial charge in [0, 0.05) is 15.6 Å². The molecular weight excluding hydrogens is 446 g/mol. The molecule has 1 unspecified atom stereocenters. The van der Waals surface area contributed by atoms with Crippen LogP contribution in [-0.4, -0.2) is 23.9 Å². The molecule has 1 aromatic heterocycles. The molecule has 3 aromatic rings. The molecule has 2 aromatic carbocycles.